The largest absolute Gasteiger partial charge is 0.347 e. The first-order valence-electron chi connectivity index (χ1n) is 7.48. The fourth-order valence-electron chi connectivity index (χ4n) is 2.03. The number of carbonyl (C=O) groups is 1. The summed E-state index contributed by atoms with van der Waals surface area (Å²) in [5.74, 6) is -0.442. The molecule has 0 bridgehead atoms. The second-order valence-corrected chi connectivity index (χ2v) is 4.60. The molecule has 1 aliphatic heterocycles. The van der Waals surface area contributed by atoms with Crippen LogP contribution in [0.5, 0.6) is 0 Å². The quantitative estimate of drug-likeness (QED) is 0.855. The van der Waals surface area contributed by atoms with Crippen LogP contribution in [0.2, 0.25) is 0 Å². The lowest BCUT2D eigenvalue weighted by Crippen LogP contribution is -2.45. The van der Waals surface area contributed by atoms with Gasteiger partial charge in [-0.3, -0.25) is 4.79 Å². The smallest absolute Gasteiger partial charge is 0.163 e. The minimum atomic E-state index is -0.599. The van der Waals surface area contributed by atoms with Gasteiger partial charge < -0.3 is 15.2 Å². The van der Waals surface area contributed by atoms with Crippen molar-refractivity contribution >= 4 is 5.78 Å². The molecule has 1 fully saturated rings. The average molecular weight is 275 g/mol. The normalized spacial score (nSPS) is 24.4. The number of nitrogens with two attached hydrogens (primary N) is 1. The van der Waals surface area contributed by atoms with Crippen molar-refractivity contribution < 1.29 is 14.3 Å². The third kappa shape index (κ3) is 10.0. The predicted octanol–water partition coefficient (Wildman–Crippen LogP) is 3.28. The summed E-state index contributed by atoms with van der Waals surface area (Å²) < 4.78 is 11.4. The molecule has 2 N–H and O–H groups in total. The van der Waals surface area contributed by atoms with E-state index in [0.29, 0.717) is 13.0 Å². The molecule has 0 aromatic carbocycles. The second kappa shape index (κ2) is 11.4. The highest BCUT2D eigenvalue weighted by Crippen LogP contribution is 2.29. The zero-order valence-electron chi connectivity index (χ0n) is 13.8. The van der Waals surface area contributed by atoms with Gasteiger partial charge in [-0.1, -0.05) is 27.7 Å². The Bertz CT molecular complexity index is 229. The van der Waals surface area contributed by atoms with E-state index in [2.05, 4.69) is 0 Å². The third-order valence-electron chi connectivity index (χ3n) is 2.43. The Kier molecular flexibility index (Phi) is 12.5. The molecule has 4 heteroatoms. The topological polar surface area (TPSA) is 61.6 Å². The number of Topliss-reactive ketones (excluding diaryl/α,β-unsaturated/α-hetero) is 1. The first-order chi connectivity index (χ1) is 8.93. The van der Waals surface area contributed by atoms with Gasteiger partial charge in [0.15, 0.2) is 5.79 Å². The number of hydrogen-bond acceptors (Lipinski definition) is 4. The minimum absolute atomic E-state index is 0.0252. The molecular weight excluding hydrogens is 242 g/mol. The Morgan fingerprint density at radius 1 is 1.16 bits per heavy atom. The monoisotopic (exact) mass is 275 g/mol. The molecule has 0 aliphatic carbocycles. The molecule has 2 atom stereocenters. The Morgan fingerprint density at radius 3 is 2.05 bits per heavy atom. The molecule has 0 radical (unpaired) electrons. The minimum Gasteiger partial charge on any atom is -0.347 e. The highest BCUT2D eigenvalue weighted by atomic mass is 16.7. The van der Waals surface area contributed by atoms with E-state index in [1.165, 1.54) is 0 Å². The summed E-state index contributed by atoms with van der Waals surface area (Å²) in [7, 11) is 0. The maximum atomic E-state index is 11.0. The summed E-state index contributed by atoms with van der Waals surface area (Å²) in [6.45, 7) is 13.9. The molecular formula is C15H33NO3. The third-order valence-corrected chi connectivity index (χ3v) is 2.43. The summed E-state index contributed by atoms with van der Waals surface area (Å²) in [5.41, 5.74) is 5.51. The highest BCUT2D eigenvalue weighted by Gasteiger charge is 2.35. The number of rotatable bonds is 4. The molecule has 1 saturated heterocycles. The van der Waals surface area contributed by atoms with Crippen molar-refractivity contribution in [3.8, 4) is 0 Å². The molecule has 0 saturated carbocycles. The molecule has 1 aliphatic rings. The lowest BCUT2D eigenvalue weighted by Gasteiger charge is -2.40. The van der Waals surface area contributed by atoms with Crippen molar-refractivity contribution in [2.24, 2.45) is 5.73 Å². The summed E-state index contributed by atoms with van der Waals surface area (Å²) in [4.78, 5) is 11.0. The first-order valence-corrected chi connectivity index (χ1v) is 7.48. The van der Waals surface area contributed by atoms with E-state index in [-0.39, 0.29) is 18.0 Å². The summed E-state index contributed by atoms with van der Waals surface area (Å²) >= 11 is 0. The SMILES string of the molecule is CC.CC.CC(=O)CC1CC(CCN)OC(C)(C)O1. The van der Waals surface area contributed by atoms with Gasteiger partial charge in [-0.25, -0.2) is 0 Å². The van der Waals surface area contributed by atoms with Crippen LogP contribution in [-0.2, 0) is 14.3 Å². The molecule has 4 nitrogen and oxygen atoms in total. The average Bonchev–Trinajstić information content (AvgIpc) is 2.31. The van der Waals surface area contributed by atoms with Crippen LogP contribution in [0.25, 0.3) is 0 Å². The maximum absolute atomic E-state index is 11.0. The molecule has 0 aromatic rings. The van der Waals surface area contributed by atoms with Crippen molar-refractivity contribution in [2.75, 3.05) is 6.54 Å². The first kappa shape index (κ1) is 20.9. The molecule has 0 spiro atoms. The molecule has 116 valence electrons. The van der Waals surface area contributed by atoms with Crippen LogP contribution < -0.4 is 5.73 Å². The van der Waals surface area contributed by atoms with Gasteiger partial charge in [-0.15, -0.1) is 0 Å². The van der Waals surface area contributed by atoms with Crippen molar-refractivity contribution in [1.29, 1.82) is 0 Å². The van der Waals surface area contributed by atoms with Gasteiger partial charge in [0, 0.05) is 12.8 Å². The Hall–Kier alpha value is -0.450. The number of carbonyl (C=O) groups excluding carboxylic acids is 1. The predicted molar refractivity (Wildman–Crippen MR) is 80.1 cm³/mol. The molecule has 19 heavy (non-hydrogen) atoms. The van der Waals surface area contributed by atoms with Crippen molar-refractivity contribution in [2.45, 2.75) is 85.7 Å². The molecule has 0 aromatic heterocycles. The van der Waals surface area contributed by atoms with Gasteiger partial charge >= 0.3 is 0 Å². The standard InChI is InChI=1S/C11H21NO3.2C2H6/c1-8(13)6-10-7-9(4-5-12)14-11(2,3)15-10;2*1-2/h9-10H,4-7,12H2,1-3H3;2*1-2H3. The Morgan fingerprint density at radius 2 is 1.63 bits per heavy atom. The van der Waals surface area contributed by atoms with Crippen LogP contribution >= 0.6 is 0 Å². The van der Waals surface area contributed by atoms with E-state index in [9.17, 15) is 4.79 Å². The summed E-state index contributed by atoms with van der Waals surface area (Å²) in [6.07, 6.45) is 2.14. The van der Waals surface area contributed by atoms with Crippen LogP contribution in [0, 0.1) is 0 Å². The molecule has 0 amide bonds. The number of hydrogen-bond donors (Lipinski definition) is 1. The van der Waals surface area contributed by atoms with Gasteiger partial charge in [0.2, 0.25) is 0 Å². The van der Waals surface area contributed by atoms with E-state index < -0.39 is 5.79 Å². The van der Waals surface area contributed by atoms with E-state index in [4.69, 9.17) is 15.2 Å². The van der Waals surface area contributed by atoms with E-state index in [0.717, 1.165) is 12.8 Å². The fraction of sp³-hybridized carbons (Fsp3) is 0.933. The Labute approximate surface area is 119 Å². The van der Waals surface area contributed by atoms with Gasteiger partial charge in [0.25, 0.3) is 0 Å². The van der Waals surface area contributed by atoms with Crippen LogP contribution in [-0.4, -0.2) is 30.3 Å². The van der Waals surface area contributed by atoms with Crippen LogP contribution in [0.15, 0.2) is 0 Å². The van der Waals surface area contributed by atoms with Gasteiger partial charge in [-0.05, 0) is 33.7 Å². The number of ether oxygens (including phenoxy) is 2. The van der Waals surface area contributed by atoms with Gasteiger partial charge in [0.1, 0.15) is 5.78 Å². The zero-order valence-corrected chi connectivity index (χ0v) is 13.8. The number of ketones is 1. The second-order valence-electron chi connectivity index (χ2n) is 4.60. The lowest BCUT2D eigenvalue weighted by molar-refractivity contribution is -0.299. The van der Waals surface area contributed by atoms with Crippen LogP contribution in [0.1, 0.15) is 67.7 Å². The summed E-state index contributed by atoms with van der Waals surface area (Å²) in [5, 5.41) is 0. The van der Waals surface area contributed by atoms with Gasteiger partial charge in [-0.2, -0.15) is 0 Å². The summed E-state index contributed by atoms with van der Waals surface area (Å²) in [6, 6.07) is 0. The van der Waals surface area contributed by atoms with E-state index in [1.807, 2.05) is 41.5 Å². The van der Waals surface area contributed by atoms with Crippen LogP contribution in [0.4, 0.5) is 0 Å². The van der Waals surface area contributed by atoms with Crippen molar-refractivity contribution in [3.05, 3.63) is 0 Å². The van der Waals surface area contributed by atoms with E-state index in [1.54, 1.807) is 6.92 Å². The Balaban J connectivity index is 0. The van der Waals surface area contributed by atoms with Crippen molar-refractivity contribution in [3.63, 3.8) is 0 Å². The highest BCUT2D eigenvalue weighted by molar-refractivity contribution is 5.75. The van der Waals surface area contributed by atoms with Crippen LogP contribution in [0.3, 0.4) is 0 Å². The molecule has 1 heterocycles. The maximum Gasteiger partial charge on any atom is 0.163 e. The zero-order chi connectivity index (χ0) is 15.5. The van der Waals surface area contributed by atoms with Crippen molar-refractivity contribution in [1.82, 2.24) is 0 Å². The lowest BCUT2D eigenvalue weighted by atomic mass is 10.0. The molecule has 1 rings (SSSR count). The van der Waals surface area contributed by atoms with Gasteiger partial charge in [0.05, 0.1) is 12.2 Å². The van der Waals surface area contributed by atoms with E-state index >= 15 is 0 Å². The molecule has 2 unspecified atom stereocenters. The fourth-order valence-corrected chi connectivity index (χ4v) is 2.03.